The Balaban J connectivity index is 2.67. The van der Waals surface area contributed by atoms with Gasteiger partial charge in [0.05, 0.1) is 0 Å². The normalized spacial score (nSPS) is 13.9. The van der Waals surface area contributed by atoms with E-state index in [-0.39, 0.29) is 0 Å². The zero-order valence-electron chi connectivity index (χ0n) is 10.6. The molecule has 1 aromatic carbocycles. The Morgan fingerprint density at radius 1 is 1.07 bits per heavy atom. The summed E-state index contributed by atoms with van der Waals surface area (Å²) in [7, 11) is 0. The highest BCUT2D eigenvalue weighted by atomic mass is 14.3. The average molecular weight is 204 g/mol. The summed E-state index contributed by atoms with van der Waals surface area (Å²) >= 11 is 0. The number of rotatable bonds is 5. The van der Waals surface area contributed by atoms with Gasteiger partial charge in [-0.3, -0.25) is 0 Å². The van der Waals surface area contributed by atoms with Crippen LogP contribution in [0.15, 0.2) is 30.3 Å². The van der Waals surface area contributed by atoms with Crippen molar-refractivity contribution >= 4 is 0 Å². The third-order valence-corrected chi connectivity index (χ3v) is 3.87. The second kappa shape index (κ2) is 5.34. The van der Waals surface area contributed by atoms with Gasteiger partial charge in [-0.1, -0.05) is 70.9 Å². The molecule has 0 spiro atoms. The first-order valence-corrected chi connectivity index (χ1v) is 6.16. The monoisotopic (exact) mass is 204 g/mol. The van der Waals surface area contributed by atoms with E-state index in [0.29, 0.717) is 11.3 Å². The lowest BCUT2D eigenvalue weighted by Crippen LogP contribution is -2.16. The molecule has 0 fully saturated rings. The molecular weight excluding hydrogens is 180 g/mol. The summed E-state index contributed by atoms with van der Waals surface area (Å²) in [6.45, 7) is 9.37. The second-order valence-corrected chi connectivity index (χ2v) is 5.03. The second-order valence-electron chi connectivity index (χ2n) is 5.03. The Bertz CT molecular complexity index is 269. The molecule has 1 unspecified atom stereocenters. The first-order chi connectivity index (χ1) is 7.11. The third-order valence-electron chi connectivity index (χ3n) is 3.87. The van der Waals surface area contributed by atoms with Crippen LogP contribution in [0, 0.1) is 5.41 Å². The first-order valence-electron chi connectivity index (χ1n) is 6.16. The quantitative estimate of drug-likeness (QED) is 0.632. The Morgan fingerprint density at radius 3 is 2.07 bits per heavy atom. The molecule has 0 aliphatic rings. The predicted octanol–water partition coefficient (Wildman–Crippen LogP) is 5.01. The fourth-order valence-corrected chi connectivity index (χ4v) is 2.18. The molecule has 1 atom stereocenters. The summed E-state index contributed by atoms with van der Waals surface area (Å²) in [5.41, 5.74) is 1.99. The lowest BCUT2D eigenvalue weighted by Gasteiger charge is -2.30. The first kappa shape index (κ1) is 12.3. The van der Waals surface area contributed by atoms with Crippen molar-refractivity contribution in [1.82, 2.24) is 0 Å². The van der Waals surface area contributed by atoms with E-state index in [1.807, 2.05) is 0 Å². The number of hydrogen-bond acceptors (Lipinski definition) is 0. The van der Waals surface area contributed by atoms with Crippen LogP contribution in [0.2, 0.25) is 0 Å². The number of benzene rings is 1. The Kier molecular flexibility index (Phi) is 4.38. The van der Waals surface area contributed by atoms with Crippen molar-refractivity contribution in [3.05, 3.63) is 35.9 Å². The molecule has 0 radical (unpaired) electrons. The van der Waals surface area contributed by atoms with E-state index in [9.17, 15) is 0 Å². The molecule has 0 saturated heterocycles. The SMILES string of the molecule is CCC(C)(CC)CC(C)c1ccccc1. The van der Waals surface area contributed by atoms with Crippen LogP contribution in [0.1, 0.15) is 58.4 Å². The average Bonchev–Trinajstić information content (AvgIpc) is 2.30. The summed E-state index contributed by atoms with van der Waals surface area (Å²) in [4.78, 5) is 0. The Hall–Kier alpha value is -0.780. The molecule has 0 N–H and O–H groups in total. The highest BCUT2D eigenvalue weighted by molar-refractivity contribution is 5.18. The van der Waals surface area contributed by atoms with Crippen LogP contribution in [0.5, 0.6) is 0 Å². The van der Waals surface area contributed by atoms with Gasteiger partial charge < -0.3 is 0 Å². The Labute approximate surface area is 94.7 Å². The van der Waals surface area contributed by atoms with Gasteiger partial charge in [0, 0.05) is 0 Å². The molecule has 0 bridgehead atoms. The highest BCUT2D eigenvalue weighted by Crippen LogP contribution is 2.36. The molecule has 1 aromatic rings. The predicted molar refractivity (Wildman–Crippen MR) is 68.2 cm³/mol. The summed E-state index contributed by atoms with van der Waals surface area (Å²) in [6, 6.07) is 10.9. The van der Waals surface area contributed by atoms with Gasteiger partial charge in [-0.05, 0) is 23.3 Å². The van der Waals surface area contributed by atoms with Gasteiger partial charge in [-0.15, -0.1) is 0 Å². The van der Waals surface area contributed by atoms with Gasteiger partial charge in [-0.2, -0.15) is 0 Å². The van der Waals surface area contributed by atoms with Gasteiger partial charge >= 0.3 is 0 Å². The van der Waals surface area contributed by atoms with Crippen molar-refractivity contribution in [1.29, 1.82) is 0 Å². The van der Waals surface area contributed by atoms with Crippen LogP contribution in [-0.2, 0) is 0 Å². The van der Waals surface area contributed by atoms with Gasteiger partial charge in [0.2, 0.25) is 0 Å². The molecule has 0 aliphatic heterocycles. The van der Waals surface area contributed by atoms with E-state index in [1.54, 1.807) is 0 Å². The smallest absolute Gasteiger partial charge is 0.0185 e. The minimum Gasteiger partial charge on any atom is -0.0649 e. The van der Waals surface area contributed by atoms with Gasteiger partial charge in [-0.25, -0.2) is 0 Å². The fourth-order valence-electron chi connectivity index (χ4n) is 2.18. The van der Waals surface area contributed by atoms with Gasteiger partial charge in [0.15, 0.2) is 0 Å². The molecule has 84 valence electrons. The van der Waals surface area contributed by atoms with Crippen LogP contribution in [0.4, 0.5) is 0 Å². The van der Waals surface area contributed by atoms with Crippen molar-refractivity contribution in [2.24, 2.45) is 5.41 Å². The lowest BCUT2D eigenvalue weighted by molar-refractivity contribution is 0.255. The maximum absolute atomic E-state index is 2.41. The van der Waals surface area contributed by atoms with E-state index < -0.39 is 0 Å². The molecule has 0 saturated carbocycles. The number of hydrogen-bond donors (Lipinski definition) is 0. The molecule has 0 heterocycles. The van der Waals surface area contributed by atoms with E-state index in [2.05, 4.69) is 58.0 Å². The molecule has 0 nitrogen and oxygen atoms in total. The van der Waals surface area contributed by atoms with Crippen molar-refractivity contribution in [3.63, 3.8) is 0 Å². The van der Waals surface area contributed by atoms with Crippen molar-refractivity contribution in [2.45, 2.75) is 52.9 Å². The summed E-state index contributed by atoms with van der Waals surface area (Å²) in [5, 5.41) is 0. The van der Waals surface area contributed by atoms with Crippen LogP contribution in [0.25, 0.3) is 0 Å². The molecule has 0 aliphatic carbocycles. The Morgan fingerprint density at radius 2 is 1.60 bits per heavy atom. The molecular formula is C15H24. The van der Waals surface area contributed by atoms with Crippen molar-refractivity contribution < 1.29 is 0 Å². The molecule has 0 amide bonds. The van der Waals surface area contributed by atoms with E-state index in [4.69, 9.17) is 0 Å². The van der Waals surface area contributed by atoms with Crippen molar-refractivity contribution in [2.75, 3.05) is 0 Å². The zero-order valence-corrected chi connectivity index (χ0v) is 10.6. The molecule has 0 heteroatoms. The van der Waals surface area contributed by atoms with Gasteiger partial charge in [0.25, 0.3) is 0 Å². The minimum absolute atomic E-state index is 0.509. The highest BCUT2D eigenvalue weighted by Gasteiger charge is 2.22. The maximum atomic E-state index is 2.41. The lowest BCUT2D eigenvalue weighted by atomic mass is 9.75. The molecule has 0 aromatic heterocycles. The zero-order chi connectivity index (χ0) is 11.3. The van der Waals surface area contributed by atoms with E-state index in [1.165, 1.54) is 24.8 Å². The van der Waals surface area contributed by atoms with Gasteiger partial charge in [0.1, 0.15) is 0 Å². The van der Waals surface area contributed by atoms with E-state index >= 15 is 0 Å². The third kappa shape index (κ3) is 3.37. The molecule has 15 heavy (non-hydrogen) atoms. The topological polar surface area (TPSA) is 0 Å². The van der Waals surface area contributed by atoms with Crippen LogP contribution < -0.4 is 0 Å². The standard InChI is InChI=1S/C15H24/c1-5-15(4,6-2)12-13(3)14-10-8-7-9-11-14/h7-11,13H,5-6,12H2,1-4H3. The summed E-state index contributed by atoms with van der Waals surface area (Å²) < 4.78 is 0. The van der Waals surface area contributed by atoms with Crippen LogP contribution in [-0.4, -0.2) is 0 Å². The maximum Gasteiger partial charge on any atom is -0.0185 e. The van der Waals surface area contributed by atoms with Crippen molar-refractivity contribution in [3.8, 4) is 0 Å². The summed E-state index contributed by atoms with van der Waals surface area (Å²) in [6.07, 6.45) is 3.85. The summed E-state index contributed by atoms with van der Waals surface area (Å²) in [5.74, 6) is 0.677. The van der Waals surface area contributed by atoms with Crippen LogP contribution in [0.3, 0.4) is 0 Å². The minimum atomic E-state index is 0.509. The van der Waals surface area contributed by atoms with Crippen LogP contribution >= 0.6 is 0 Å². The fraction of sp³-hybridized carbons (Fsp3) is 0.600. The largest absolute Gasteiger partial charge is 0.0649 e. The van der Waals surface area contributed by atoms with E-state index in [0.717, 1.165) is 0 Å². The molecule has 1 rings (SSSR count).